The molecule has 0 saturated carbocycles. The van der Waals surface area contributed by atoms with E-state index in [2.05, 4.69) is 6.58 Å². The van der Waals surface area contributed by atoms with Gasteiger partial charge in [-0.15, -0.1) is 0 Å². The van der Waals surface area contributed by atoms with Crippen LogP contribution in [0.1, 0.15) is 21.5 Å². The predicted octanol–water partition coefficient (Wildman–Crippen LogP) is 2.81. The Hall–Kier alpha value is -2.95. The summed E-state index contributed by atoms with van der Waals surface area (Å²) in [5.41, 5.74) is 1.83. The molecular weight excluding hydrogens is 291 g/mol. The summed E-state index contributed by atoms with van der Waals surface area (Å²) in [7, 11) is 7.41. The van der Waals surface area contributed by atoms with E-state index >= 15 is 0 Å². The summed E-state index contributed by atoms with van der Waals surface area (Å²) in [6.07, 6.45) is 2.82. The third-order valence-electron chi connectivity index (χ3n) is 3.69. The second-order valence-electron chi connectivity index (χ2n) is 5.01. The molecule has 0 aliphatic carbocycles. The Morgan fingerprint density at radius 2 is 2.04 bits per heavy atom. The Morgan fingerprint density at radius 1 is 1.35 bits per heavy atom. The Kier molecular flexibility index (Phi) is 3.70. The SMILES string of the molecule is [B]c1cc(O)c(C=C)c2c(C(=O)c3ccc(OC)cc3)coc12. The van der Waals surface area contributed by atoms with Gasteiger partial charge < -0.3 is 14.3 Å². The van der Waals surface area contributed by atoms with Gasteiger partial charge in [-0.2, -0.15) is 0 Å². The van der Waals surface area contributed by atoms with E-state index in [9.17, 15) is 9.90 Å². The molecule has 0 spiro atoms. The number of fused-ring (bicyclic) bond motifs is 1. The molecule has 2 aromatic carbocycles. The second kappa shape index (κ2) is 5.68. The lowest BCUT2D eigenvalue weighted by atomic mass is 9.89. The van der Waals surface area contributed by atoms with Gasteiger partial charge in [0.2, 0.25) is 0 Å². The van der Waals surface area contributed by atoms with E-state index < -0.39 is 0 Å². The highest BCUT2D eigenvalue weighted by Crippen LogP contribution is 2.32. The molecule has 0 fully saturated rings. The molecule has 0 aliphatic rings. The Balaban J connectivity index is 2.19. The number of methoxy groups -OCH3 is 1. The van der Waals surface area contributed by atoms with Crippen LogP contribution in [0.15, 0.2) is 47.6 Å². The number of aromatic hydroxyl groups is 1. The number of hydrogen-bond donors (Lipinski definition) is 1. The van der Waals surface area contributed by atoms with Gasteiger partial charge in [-0.25, -0.2) is 0 Å². The molecule has 23 heavy (non-hydrogen) atoms. The first-order chi connectivity index (χ1) is 11.1. The number of benzene rings is 2. The van der Waals surface area contributed by atoms with Gasteiger partial charge in [0.15, 0.2) is 5.78 Å². The van der Waals surface area contributed by atoms with E-state index in [1.165, 1.54) is 18.4 Å². The number of hydrogen-bond acceptors (Lipinski definition) is 4. The summed E-state index contributed by atoms with van der Waals surface area (Å²) in [6, 6.07) is 8.12. The summed E-state index contributed by atoms with van der Waals surface area (Å²) in [5.74, 6) is 0.377. The maximum atomic E-state index is 12.8. The van der Waals surface area contributed by atoms with Crippen molar-refractivity contribution in [3.8, 4) is 11.5 Å². The number of furan rings is 1. The van der Waals surface area contributed by atoms with Gasteiger partial charge in [0.25, 0.3) is 0 Å². The van der Waals surface area contributed by atoms with Crippen LogP contribution in [0.25, 0.3) is 17.0 Å². The summed E-state index contributed by atoms with van der Waals surface area (Å²) in [6.45, 7) is 3.68. The highest BCUT2D eigenvalue weighted by atomic mass is 16.5. The molecule has 112 valence electrons. The summed E-state index contributed by atoms with van der Waals surface area (Å²) in [5, 5.41) is 10.5. The Labute approximate surface area is 134 Å². The smallest absolute Gasteiger partial charge is 0.196 e. The van der Waals surface area contributed by atoms with E-state index in [4.69, 9.17) is 17.0 Å². The van der Waals surface area contributed by atoms with Crippen LogP contribution in [0.2, 0.25) is 0 Å². The number of phenols is 1. The van der Waals surface area contributed by atoms with Crippen LogP contribution >= 0.6 is 0 Å². The number of phenolic OH excluding ortho intramolecular Hbond substituents is 1. The third kappa shape index (κ3) is 2.40. The fraction of sp³-hybridized carbons (Fsp3) is 0.0556. The summed E-state index contributed by atoms with van der Waals surface area (Å²) >= 11 is 0. The maximum absolute atomic E-state index is 12.8. The number of ketones is 1. The number of rotatable bonds is 4. The normalized spacial score (nSPS) is 10.7. The molecule has 0 saturated heterocycles. The predicted molar refractivity (Wildman–Crippen MR) is 89.8 cm³/mol. The largest absolute Gasteiger partial charge is 0.507 e. The molecular formula is C18H13BO4. The van der Waals surface area contributed by atoms with Crippen LogP contribution < -0.4 is 10.2 Å². The van der Waals surface area contributed by atoms with Crippen molar-refractivity contribution in [3.63, 3.8) is 0 Å². The average Bonchev–Trinajstić information content (AvgIpc) is 3.00. The highest BCUT2D eigenvalue weighted by molar-refractivity contribution is 6.39. The van der Waals surface area contributed by atoms with Crippen molar-refractivity contribution in [2.24, 2.45) is 0 Å². The molecule has 1 N–H and O–H groups in total. The molecule has 3 aromatic rings. The van der Waals surface area contributed by atoms with Gasteiger partial charge in [0.1, 0.15) is 31.2 Å². The lowest BCUT2D eigenvalue weighted by Gasteiger charge is -2.06. The van der Waals surface area contributed by atoms with E-state index in [0.717, 1.165) is 0 Å². The Bertz CT molecular complexity index is 907. The summed E-state index contributed by atoms with van der Waals surface area (Å²) < 4.78 is 10.5. The summed E-state index contributed by atoms with van der Waals surface area (Å²) in [4.78, 5) is 12.8. The van der Waals surface area contributed by atoms with Gasteiger partial charge in [0, 0.05) is 16.5 Å². The number of ether oxygens (including phenoxy) is 1. The van der Waals surface area contributed by atoms with Crippen molar-refractivity contribution in [1.29, 1.82) is 0 Å². The topological polar surface area (TPSA) is 59.7 Å². The van der Waals surface area contributed by atoms with Crippen molar-refractivity contribution in [2.75, 3.05) is 7.11 Å². The Morgan fingerprint density at radius 3 is 2.65 bits per heavy atom. The first kappa shape index (κ1) is 15.0. The van der Waals surface area contributed by atoms with E-state index in [-0.39, 0.29) is 17.0 Å². The highest BCUT2D eigenvalue weighted by Gasteiger charge is 2.20. The van der Waals surface area contributed by atoms with E-state index in [0.29, 0.717) is 33.4 Å². The van der Waals surface area contributed by atoms with Crippen LogP contribution in [0.3, 0.4) is 0 Å². The molecule has 2 radical (unpaired) electrons. The minimum Gasteiger partial charge on any atom is -0.507 e. The third-order valence-corrected chi connectivity index (χ3v) is 3.69. The lowest BCUT2D eigenvalue weighted by Crippen LogP contribution is -2.05. The zero-order chi connectivity index (χ0) is 16.6. The average molecular weight is 304 g/mol. The first-order valence-corrected chi connectivity index (χ1v) is 6.90. The van der Waals surface area contributed by atoms with Crippen LogP contribution in [-0.2, 0) is 0 Å². The fourth-order valence-corrected chi connectivity index (χ4v) is 2.53. The molecule has 0 amide bonds. The molecule has 0 atom stereocenters. The molecule has 1 aromatic heterocycles. The first-order valence-electron chi connectivity index (χ1n) is 6.90. The standard InChI is InChI=1S/C18H13BO4/c1-3-12-15(20)8-14(19)18-16(12)13(9-23-18)17(21)10-4-6-11(22-2)7-5-10/h3-9,20H,1H2,2H3. The minimum absolute atomic E-state index is 0.0461. The second-order valence-corrected chi connectivity index (χ2v) is 5.01. The number of carbonyl (C=O) groups excluding carboxylic acids is 1. The van der Waals surface area contributed by atoms with Gasteiger partial charge in [-0.05, 0) is 30.3 Å². The molecule has 1 heterocycles. The van der Waals surface area contributed by atoms with Crippen LogP contribution in [0.4, 0.5) is 0 Å². The lowest BCUT2D eigenvalue weighted by molar-refractivity contribution is 0.103. The van der Waals surface area contributed by atoms with Crippen molar-refractivity contribution in [1.82, 2.24) is 0 Å². The molecule has 0 bridgehead atoms. The fourth-order valence-electron chi connectivity index (χ4n) is 2.53. The van der Waals surface area contributed by atoms with Crippen LogP contribution in [0.5, 0.6) is 11.5 Å². The number of carbonyl (C=O) groups is 1. The van der Waals surface area contributed by atoms with Crippen molar-refractivity contribution in [3.05, 3.63) is 59.9 Å². The van der Waals surface area contributed by atoms with Crippen LogP contribution in [0, 0.1) is 0 Å². The van der Waals surface area contributed by atoms with Crippen LogP contribution in [-0.4, -0.2) is 25.8 Å². The molecule has 0 aliphatic heterocycles. The molecule has 5 heteroatoms. The monoisotopic (exact) mass is 304 g/mol. The molecule has 3 rings (SSSR count). The molecule has 4 nitrogen and oxygen atoms in total. The maximum Gasteiger partial charge on any atom is 0.196 e. The zero-order valence-corrected chi connectivity index (χ0v) is 12.5. The van der Waals surface area contributed by atoms with Gasteiger partial charge in [-0.3, -0.25) is 4.79 Å². The van der Waals surface area contributed by atoms with E-state index in [1.54, 1.807) is 31.4 Å². The quantitative estimate of drug-likeness (QED) is 0.595. The van der Waals surface area contributed by atoms with Crippen molar-refractivity contribution in [2.45, 2.75) is 0 Å². The van der Waals surface area contributed by atoms with Crippen molar-refractivity contribution < 1.29 is 19.1 Å². The van der Waals surface area contributed by atoms with Gasteiger partial charge >= 0.3 is 0 Å². The van der Waals surface area contributed by atoms with E-state index in [1.807, 2.05) is 0 Å². The minimum atomic E-state index is -0.237. The van der Waals surface area contributed by atoms with Gasteiger partial charge in [0.05, 0.1) is 12.7 Å². The molecule has 0 unspecified atom stereocenters. The van der Waals surface area contributed by atoms with Gasteiger partial charge in [-0.1, -0.05) is 18.1 Å². The zero-order valence-electron chi connectivity index (χ0n) is 12.5. The van der Waals surface area contributed by atoms with Crippen molar-refractivity contribution >= 4 is 36.1 Å².